The lowest BCUT2D eigenvalue weighted by atomic mass is 9.84. The highest BCUT2D eigenvalue weighted by Crippen LogP contribution is 2.36. The van der Waals surface area contributed by atoms with E-state index in [9.17, 15) is 23.1 Å². The summed E-state index contributed by atoms with van der Waals surface area (Å²) >= 11 is 0. The second-order valence-corrected chi connectivity index (χ2v) is 8.08. The van der Waals surface area contributed by atoms with Crippen LogP contribution in [0.2, 0.25) is 0 Å². The van der Waals surface area contributed by atoms with Crippen molar-refractivity contribution in [2.45, 2.75) is 44.8 Å². The van der Waals surface area contributed by atoms with Crippen molar-refractivity contribution in [2.24, 2.45) is 11.1 Å². The van der Waals surface area contributed by atoms with E-state index in [1.165, 1.54) is 12.1 Å². The van der Waals surface area contributed by atoms with E-state index in [2.05, 4.69) is 5.16 Å². The summed E-state index contributed by atoms with van der Waals surface area (Å²) in [7, 11) is 0. The third-order valence-corrected chi connectivity index (χ3v) is 4.57. The Hall–Kier alpha value is -2.87. The van der Waals surface area contributed by atoms with Gasteiger partial charge >= 0.3 is 17.9 Å². The lowest BCUT2D eigenvalue weighted by Gasteiger charge is -2.29. The van der Waals surface area contributed by atoms with Crippen LogP contribution >= 0.6 is 0 Å². The van der Waals surface area contributed by atoms with Crippen molar-refractivity contribution in [1.29, 1.82) is 0 Å². The van der Waals surface area contributed by atoms with Crippen molar-refractivity contribution in [3.8, 4) is 0 Å². The molecule has 1 aliphatic rings. The van der Waals surface area contributed by atoms with Crippen LogP contribution in [0.1, 0.15) is 37.5 Å². The topological polar surface area (TPSA) is 68.1 Å². The Balaban J connectivity index is 1.96. The van der Waals surface area contributed by atoms with Crippen LogP contribution in [0.15, 0.2) is 59.8 Å². The van der Waals surface area contributed by atoms with E-state index in [0.717, 1.165) is 17.7 Å². The molecule has 30 heavy (non-hydrogen) atoms. The number of alkyl halides is 3. The first kappa shape index (κ1) is 21.8. The fourth-order valence-electron chi connectivity index (χ4n) is 3.13. The predicted molar refractivity (Wildman–Crippen MR) is 103 cm³/mol. The Kier molecular flexibility index (Phi) is 5.64. The van der Waals surface area contributed by atoms with Gasteiger partial charge in [0.15, 0.2) is 0 Å². The number of aliphatic hydroxyl groups is 1. The number of benzene rings is 2. The molecule has 0 aliphatic carbocycles. The first-order valence-corrected chi connectivity index (χ1v) is 9.33. The molecule has 1 aliphatic heterocycles. The number of nitrogens with zero attached hydrogens (tertiary/aromatic N) is 1. The molecule has 160 valence electrons. The van der Waals surface area contributed by atoms with Gasteiger partial charge in [-0.25, -0.2) is 4.79 Å². The molecule has 2 aromatic carbocycles. The maximum atomic E-state index is 12.9. The monoisotopic (exact) mass is 421 g/mol. The van der Waals surface area contributed by atoms with Crippen LogP contribution in [0.3, 0.4) is 0 Å². The zero-order valence-corrected chi connectivity index (χ0v) is 16.7. The Labute approximate surface area is 172 Å². The lowest BCUT2D eigenvalue weighted by molar-refractivity contribution is -0.239. The molecule has 0 fully saturated rings. The number of hydrogen-bond acceptors (Lipinski definition) is 5. The van der Waals surface area contributed by atoms with Crippen molar-refractivity contribution >= 4 is 11.7 Å². The molecule has 2 aromatic rings. The number of rotatable bonds is 4. The van der Waals surface area contributed by atoms with Gasteiger partial charge in [0.05, 0.1) is 17.2 Å². The maximum absolute atomic E-state index is 12.9. The molecular weight excluding hydrogens is 399 g/mol. The highest BCUT2D eigenvalue weighted by Gasteiger charge is 2.56. The molecule has 0 saturated carbocycles. The van der Waals surface area contributed by atoms with Crippen molar-refractivity contribution in [2.75, 3.05) is 0 Å². The summed E-state index contributed by atoms with van der Waals surface area (Å²) in [6, 6.07) is 13.3. The second kappa shape index (κ2) is 7.75. The molecule has 5 nitrogen and oxygen atoms in total. The second-order valence-electron chi connectivity index (χ2n) is 8.08. The lowest BCUT2D eigenvalue weighted by Crippen LogP contribution is -2.50. The van der Waals surface area contributed by atoms with E-state index < -0.39 is 35.0 Å². The van der Waals surface area contributed by atoms with E-state index in [4.69, 9.17) is 9.57 Å². The van der Waals surface area contributed by atoms with E-state index in [1.54, 1.807) is 45.0 Å². The number of esters is 1. The van der Waals surface area contributed by atoms with Gasteiger partial charge in [-0.15, -0.1) is 0 Å². The van der Waals surface area contributed by atoms with Crippen LogP contribution in [0.4, 0.5) is 13.2 Å². The highest BCUT2D eigenvalue weighted by atomic mass is 19.4. The minimum atomic E-state index is -4.48. The third kappa shape index (κ3) is 4.64. The Morgan fingerprint density at radius 1 is 1.10 bits per heavy atom. The number of carbonyl (C=O) groups excluding carboxylic acids is 1. The zero-order valence-electron chi connectivity index (χ0n) is 16.7. The summed E-state index contributed by atoms with van der Waals surface area (Å²) in [5, 5.41) is 14.9. The quantitative estimate of drug-likeness (QED) is 0.747. The maximum Gasteiger partial charge on any atom is 0.416 e. The summed E-state index contributed by atoms with van der Waals surface area (Å²) in [4.78, 5) is 17.9. The normalized spacial score (nSPS) is 21.7. The van der Waals surface area contributed by atoms with Crippen LogP contribution in [-0.4, -0.2) is 28.2 Å². The third-order valence-electron chi connectivity index (χ3n) is 4.57. The van der Waals surface area contributed by atoms with Crippen LogP contribution in [0, 0.1) is 5.92 Å². The molecule has 0 bridgehead atoms. The summed E-state index contributed by atoms with van der Waals surface area (Å²) in [5.41, 5.74) is -0.434. The van der Waals surface area contributed by atoms with Gasteiger partial charge in [0.1, 0.15) is 5.60 Å². The Morgan fingerprint density at radius 2 is 1.70 bits per heavy atom. The van der Waals surface area contributed by atoms with Crippen molar-refractivity contribution in [3.05, 3.63) is 71.3 Å². The SMILES string of the molecule is CC(C)(C)OC(=O)[C@@]1(O)ON=C(c2ccc(C(F)(F)F)cc2)[C@@H]1Cc1ccccc1. The van der Waals surface area contributed by atoms with E-state index in [1.807, 2.05) is 6.07 Å². The summed E-state index contributed by atoms with van der Waals surface area (Å²) in [6.45, 7) is 4.94. The minimum Gasteiger partial charge on any atom is -0.455 e. The standard InChI is InChI=1S/C22H22F3NO4/c1-20(2,3)29-19(27)21(28)17(13-14-7-5-4-6-8-14)18(26-30-21)15-9-11-16(12-10-15)22(23,24)25/h4-12,17,28H,13H2,1-3H3/t17-,21-/m0/s1. The summed E-state index contributed by atoms with van der Waals surface area (Å²) in [5.74, 6) is -4.39. The molecule has 0 aromatic heterocycles. The van der Waals surface area contributed by atoms with Gasteiger partial charge in [-0.05, 0) is 50.5 Å². The molecule has 0 saturated heterocycles. The Morgan fingerprint density at radius 3 is 2.23 bits per heavy atom. The predicted octanol–water partition coefficient (Wildman–Crippen LogP) is 4.33. The molecule has 0 spiro atoms. The average Bonchev–Trinajstić information content (AvgIpc) is 2.99. The summed E-state index contributed by atoms with van der Waals surface area (Å²) < 4.78 is 44.0. The van der Waals surface area contributed by atoms with Crippen molar-refractivity contribution in [1.82, 2.24) is 0 Å². The summed E-state index contributed by atoms with van der Waals surface area (Å²) in [6.07, 6.45) is -4.32. The number of ether oxygens (including phenoxy) is 1. The minimum absolute atomic E-state index is 0.163. The first-order chi connectivity index (χ1) is 13.9. The van der Waals surface area contributed by atoms with Gasteiger partial charge in [-0.2, -0.15) is 13.2 Å². The fraction of sp³-hybridized carbons (Fsp3) is 0.364. The van der Waals surface area contributed by atoms with Gasteiger partial charge in [-0.1, -0.05) is 47.6 Å². The molecule has 2 atom stereocenters. The van der Waals surface area contributed by atoms with Crippen LogP contribution in [0.5, 0.6) is 0 Å². The molecular formula is C22H22F3NO4. The van der Waals surface area contributed by atoms with E-state index >= 15 is 0 Å². The zero-order chi connectivity index (χ0) is 22.2. The van der Waals surface area contributed by atoms with E-state index in [0.29, 0.717) is 5.56 Å². The fourth-order valence-corrected chi connectivity index (χ4v) is 3.13. The van der Waals surface area contributed by atoms with E-state index in [-0.39, 0.29) is 12.1 Å². The largest absolute Gasteiger partial charge is 0.455 e. The number of carbonyl (C=O) groups is 1. The molecule has 3 rings (SSSR count). The molecule has 1 heterocycles. The average molecular weight is 421 g/mol. The number of hydrogen-bond donors (Lipinski definition) is 1. The molecule has 8 heteroatoms. The first-order valence-electron chi connectivity index (χ1n) is 9.33. The van der Waals surface area contributed by atoms with Crippen LogP contribution < -0.4 is 0 Å². The van der Waals surface area contributed by atoms with Crippen molar-refractivity contribution < 1.29 is 32.6 Å². The number of halogens is 3. The van der Waals surface area contributed by atoms with Gasteiger partial charge in [0, 0.05) is 0 Å². The molecule has 0 amide bonds. The Bertz CT molecular complexity index is 934. The molecule has 0 radical (unpaired) electrons. The van der Waals surface area contributed by atoms with Gasteiger partial charge in [-0.3, -0.25) is 0 Å². The van der Waals surface area contributed by atoms with Crippen molar-refractivity contribution in [3.63, 3.8) is 0 Å². The smallest absolute Gasteiger partial charge is 0.416 e. The number of oxime groups is 1. The van der Waals surface area contributed by atoms with Crippen LogP contribution in [-0.2, 0) is 27.0 Å². The van der Waals surface area contributed by atoms with Gasteiger partial charge in [0.25, 0.3) is 0 Å². The van der Waals surface area contributed by atoms with Gasteiger partial charge in [0.2, 0.25) is 0 Å². The molecule has 0 unspecified atom stereocenters. The highest BCUT2D eigenvalue weighted by molar-refractivity contribution is 6.06. The van der Waals surface area contributed by atoms with Crippen LogP contribution in [0.25, 0.3) is 0 Å². The molecule has 1 N–H and O–H groups in total. The van der Waals surface area contributed by atoms with Gasteiger partial charge < -0.3 is 14.7 Å².